The minimum atomic E-state index is -0.120. The van der Waals surface area contributed by atoms with Crippen LogP contribution in [0.2, 0.25) is 0 Å². The topological polar surface area (TPSA) is 62.2 Å². The van der Waals surface area contributed by atoms with Gasteiger partial charge < -0.3 is 15.5 Å². The summed E-state index contributed by atoms with van der Waals surface area (Å²) in [6, 6.07) is 1.02. The number of amides is 2. The fourth-order valence-corrected chi connectivity index (χ4v) is 2.80. The van der Waals surface area contributed by atoms with Gasteiger partial charge in [0.25, 0.3) is 0 Å². The van der Waals surface area contributed by atoms with Crippen molar-refractivity contribution in [1.29, 1.82) is 0 Å². The zero-order valence-electron chi connectivity index (χ0n) is 12.0. The number of aryl methyl sites for hydroxylation is 1. The number of nitrogens with zero attached hydrogens (tertiary/aromatic N) is 3. The first-order chi connectivity index (χ1) is 9.74. The van der Waals surface area contributed by atoms with Gasteiger partial charge in [0, 0.05) is 37.9 Å². The SMILES string of the molecule is CCn1cc(NC(=O)NC2CCN(C3CC3)CC2)cn1. The van der Waals surface area contributed by atoms with Crippen molar-refractivity contribution in [2.45, 2.75) is 51.2 Å². The van der Waals surface area contributed by atoms with Gasteiger partial charge in [-0.15, -0.1) is 0 Å². The highest BCUT2D eigenvalue weighted by atomic mass is 16.2. The van der Waals surface area contributed by atoms with E-state index < -0.39 is 0 Å². The molecule has 6 nitrogen and oxygen atoms in total. The molecule has 1 aromatic rings. The molecule has 1 aliphatic carbocycles. The predicted octanol–water partition coefficient (Wildman–Crippen LogP) is 1.65. The molecule has 3 rings (SSSR count). The summed E-state index contributed by atoms with van der Waals surface area (Å²) < 4.78 is 1.80. The molecule has 0 spiro atoms. The number of likely N-dealkylation sites (tertiary alicyclic amines) is 1. The quantitative estimate of drug-likeness (QED) is 0.879. The average Bonchev–Trinajstić information content (AvgIpc) is 3.20. The van der Waals surface area contributed by atoms with Gasteiger partial charge in [-0.25, -0.2) is 4.79 Å². The van der Waals surface area contributed by atoms with Crippen molar-refractivity contribution in [1.82, 2.24) is 20.0 Å². The molecule has 2 N–H and O–H groups in total. The van der Waals surface area contributed by atoms with E-state index in [0.29, 0.717) is 6.04 Å². The summed E-state index contributed by atoms with van der Waals surface area (Å²) in [4.78, 5) is 14.5. The number of hydrogen-bond acceptors (Lipinski definition) is 3. The Labute approximate surface area is 119 Å². The molecule has 1 saturated carbocycles. The Morgan fingerprint density at radius 1 is 1.35 bits per heavy atom. The molecule has 1 aromatic heterocycles. The minimum absolute atomic E-state index is 0.120. The summed E-state index contributed by atoms with van der Waals surface area (Å²) >= 11 is 0. The maximum atomic E-state index is 11.9. The number of carbonyl (C=O) groups is 1. The molecule has 2 amide bonds. The first-order valence-corrected chi connectivity index (χ1v) is 7.58. The van der Waals surface area contributed by atoms with Crippen LogP contribution in [-0.2, 0) is 6.54 Å². The van der Waals surface area contributed by atoms with E-state index in [1.807, 2.05) is 13.1 Å². The van der Waals surface area contributed by atoms with E-state index >= 15 is 0 Å². The summed E-state index contributed by atoms with van der Waals surface area (Å²) in [5, 5.41) is 10.0. The van der Waals surface area contributed by atoms with Crippen LogP contribution in [0.25, 0.3) is 0 Å². The van der Waals surface area contributed by atoms with Crippen LogP contribution < -0.4 is 10.6 Å². The normalized spacial score (nSPS) is 20.9. The highest BCUT2D eigenvalue weighted by molar-refractivity contribution is 5.89. The molecule has 2 heterocycles. The second-order valence-corrected chi connectivity index (χ2v) is 5.72. The Hall–Kier alpha value is -1.56. The molecular weight excluding hydrogens is 254 g/mol. The second kappa shape index (κ2) is 5.83. The van der Waals surface area contributed by atoms with Gasteiger partial charge in [0.1, 0.15) is 0 Å². The van der Waals surface area contributed by atoms with Gasteiger partial charge in [-0.2, -0.15) is 5.10 Å². The Kier molecular flexibility index (Phi) is 3.91. The van der Waals surface area contributed by atoms with Crippen LogP contribution in [0.4, 0.5) is 10.5 Å². The zero-order chi connectivity index (χ0) is 13.9. The highest BCUT2D eigenvalue weighted by Gasteiger charge is 2.32. The van der Waals surface area contributed by atoms with Crippen molar-refractivity contribution < 1.29 is 4.79 Å². The summed E-state index contributed by atoms with van der Waals surface area (Å²) in [6.07, 6.45) is 8.35. The van der Waals surface area contributed by atoms with Crippen LogP contribution in [0.3, 0.4) is 0 Å². The van der Waals surface area contributed by atoms with E-state index in [0.717, 1.165) is 44.2 Å². The largest absolute Gasteiger partial charge is 0.335 e. The number of anilines is 1. The van der Waals surface area contributed by atoms with Crippen molar-refractivity contribution in [2.24, 2.45) is 0 Å². The molecule has 0 bridgehead atoms. The van der Waals surface area contributed by atoms with E-state index in [4.69, 9.17) is 0 Å². The lowest BCUT2D eigenvalue weighted by Crippen LogP contribution is -2.46. The number of hydrogen-bond donors (Lipinski definition) is 2. The van der Waals surface area contributed by atoms with Crippen molar-refractivity contribution >= 4 is 11.7 Å². The van der Waals surface area contributed by atoms with Crippen molar-refractivity contribution in [3.05, 3.63) is 12.4 Å². The third-order valence-corrected chi connectivity index (χ3v) is 4.14. The van der Waals surface area contributed by atoms with Crippen LogP contribution in [0.5, 0.6) is 0 Å². The van der Waals surface area contributed by atoms with Crippen LogP contribution in [0.15, 0.2) is 12.4 Å². The number of piperidine rings is 1. The fourth-order valence-electron chi connectivity index (χ4n) is 2.80. The van der Waals surface area contributed by atoms with Gasteiger partial charge in [-0.1, -0.05) is 0 Å². The molecule has 20 heavy (non-hydrogen) atoms. The lowest BCUT2D eigenvalue weighted by atomic mass is 10.1. The lowest BCUT2D eigenvalue weighted by Gasteiger charge is -2.32. The van der Waals surface area contributed by atoms with Gasteiger partial charge in [0.15, 0.2) is 0 Å². The molecule has 2 aliphatic rings. The highest BCUT2D eigenvalue weighted by Crippen LogP contribution is 2.29. The van der Waals surface area contributed by atoms with E-state index in [1.165, 1.54) is 12.8 Å². The first kappa shape index (κ1) is 13.4. The number of urea groups is 1. The molecule has 1 saturated heterocycles. The molecule has 0 radical (unpaired) electrons. The van der Waals surface area contributed by atoms with E-state index in [-0.39, 0.29) is 6.03 Å². The Morgan fingerprint density at radius 3 is 2.70 bits per heavy atom. The Balaban J connectivity index is 1.42. The number of rotatable bonds is 4. The lowest BCUT2D eigenvalue weighted by molar-refractivity contribution is 0.189. The Bertz CT molecular complexity index is 460. The van der Waals surface area contributed by atoms with Crippen LogP contribution in [0, 0.1) is 0 Å². The molecule has 0 unspecified atom stereocenters. The van der Waals surface area contributed by atoms with Crippen molar-refractivity contribution in [2.75, 3.05) is 18.4 Å². The molecule has 1 aliphatic heterocycles. The number of nitrogens with one attached hydrogen (secondary N) is 2. The standard InChI is InChI=1S/C14H23N5O/c1-2-19-10-12(9-15-19)17-14(20)16-11-5-7-18(8-6-11)13-3-4-13/h9-11,13H,2-8H2,1H3,(H2,16,17,20). The first-order valence-electron chi connectivity index (χ1n) is 7.58. The monoisotopic (exact) mass is 277 g/mol. The van der Waals surface area contributed by atoms with Crippen LogP contribution in [-0.4, -0.2) is 45.9 Å². The summed E-state index contributed by atoms with van der Waals surface area (Å²) in [5.74, 6) is 0. The number of aromatic nitrogens is 2. The number of carbonyl (C=O) groups excluding carboxylic acids is 1. The average molecular weight is 277 g/mol. The smallest absolute Gasteiger partial charge is 0.319 e. The molecular formula is C14H23N5O. The molecule has 0 aromatic carbocycles. The molecule has 2 fully saturated rings. The third-order valence-electron chi connectivity index (χ3n) is 4.14. The van der Waals surface area contributed by atoms with Gasteiger partial charge in [0.05, 0.1) is 11.9 Å². The predicted molar refractivity (Wildman–Crippen MR) is 77.7 cm³/mol. The molecule has 0 atom stereocenters. The maximum absolute atomic E-state index is 11.9. The minimum Gasteiger partial charge on any atom is -0.335 e. The van der Waals surface area contributed by atoms with Gasteiger partial charge in [0.2, 0.25) is 0 Å². The van der Waals surface area contributed by atoms with Gasteiger partial charge in [-0.3, -0.25) is 4.68 Å². The maximum Gasteiger partial charge on any atom is 0.319 e. The third kappa shape index (κ3) is 3.30. The zero-order valence-corrected chi connectivity index (χ0v) is 12.0. The van der Waals surface area contributed by atoms with E-state index in [2.05, 4.69) is 20.6 Å². The molecule has 110 valence electrons. The van der Waals surface area contributed by atoms with Gasteiger partial charge in [-0.05, 0) is 32.6 Å². The summed E-state index contributed by atoms with van der Waals surface area (Å²) in [6.45, 7) is 5.06. The summed E-state index contributed by atoms with van der Waals surface area (Å²) in [7, 11) is 0. The second-order valence-electron chi connectivity index (χ2n) is 5.72. The van der Waals surface area contributed by atoms with Crippen LogP contribution in [0.1, 0.15) is 32.6 Å². The summed E-state index contributed by atoms with van der Waals surface area (Å²) in [5.41, 5.74) is 0.750. The Morgan fingerprint density at radius 2 is 2.10 bits per heavy atom. The van der Waals surface area contributed by atoms with Gasteiger partial charge >= 0.3 is 6.03 Å². The van der Waals surface area contributed by atoms with E-state index in [1.54, 1.807) is 10.9 Å². The van der Waals surface area contributed by atoms with E-state index in [9.17, 15) is 4.79 Å². The van der Waals surface area contributed by atoms with Crippen molar-refractivity contribution in [3.8, 4) is 0 Å². The fraction of sp³-hybridized carbons (Fsp3) is 0.714. The van der Waals surface area contributed by atoms with Crippen LogP contribution >= 0.6 is 0 Å². The molecule has 6 heteroatoms. The van der Waals surface area contributed by atoms with Crippen molar-refractivity contribution in [3.63, 3.8) is 0 Å².